The molecule has 2 aliphatic heterocycles. The highest BCUT2D eigenvalue weighted by Gasteiger charge is 2.46. The molecule has 0 radical (unpaired) electrons. The lowest BCUT2D eigenvalue weighted by atomic mass is 9.93. The lowest BCUT2D eigenvalue weighted by Crippen LogP contribution is -2.50. The lowest BCUT2D eigenvalue weighted by molar-refractivity contribution is -0.137. The van der Waals surface area contributed by atoms with Crippen molar-refractivity contribution in [3.63, 3.8) is 0 Å². The molecular formula is C22H27F3N2O2. The van der Waals surface area contributed by atoms with Crippen molar-refractivity contribution >= 4 is 5.91 Å². The van der Waals surface area contributed by atoms with Crippen molar-refractivity contribution in [2.45, 2.75) is 43.8 Å². The number of likely N-dealkylation sites (tertiary alicyclic amines) is 1. The second kappa shape index (κ2) is 7.27. The van der Waals surface area contributed by atoms with Crippen molar-refractivity contribution in [3.8, 4) is 0 Å². The van der Waals surface area contributed by atoms with Gasteiger partial charge in [0.1, 0.15) is 0 Å². The number of fused-ring (bicyclic) bond motifs is 1. The smallest absolute Gasteiger partial charge is 0.379 e. The summed E-state index contributed by atoms with van der Waals surface area (Å²) in [5, 5.41) is 3.09. The minimum atomic E-state index is -4.39. The van der Waals surface area contributed by atoms with Crippen LogP contribution in [0.4, 0.5) is 13.2 Å². The molecule has 158 valence electrons. The number of ether oxygens (including phenoxy) is 1. The maximum absolute atomic E-state index is 13.1. The van der Waals surface area contributed by atoms with Crippen LogP contribution in [0.1, 0.15) is 53.1 Å². The van der Waals surface area contributed by atoms with E-state index >= 15 is 0 Å². The summed E-state index contributed by atoms with van der Waals surface area (Å²) in [5.74, 6) is 1.86. The highest BCUT2D eigenvalue weighted by atomic mass is 19.4. The van der Waals surface area contributed by atoms with E-state index in [1.165, 1.54) is 12.5 Å². The van der Waals surface area contributed by atoms with Crippen LogP contribution in [-0.2, 0) is 10.9 Å². The van der Waals surface area contributed by atoms with Crippen molar-refractivity contribution in [1.29, 1.82) is 0 Å². The Balaban J connectivity index is 1.29. The molecule has 2 heterocycles. The number of alkyl halides is 3. The van der Waals surface area contributed by atoms with Crippen LogP contribution < -0.4 is 5.32 Å². The van der Waals surface area contributed by atoms with E-state index in [0.717, 1.165) is 62.9 Å². The third-order valence-electron chi connectivity index (χ3n) is 7.00. The normalized spacial score (nSPS) is 32.1. The standard InChI is InChI=1S/C22H27F3N2O2/c23-22(24,25)17-3-4-18(19(8-17)13-1-2-13)21(28)26-20-12-29-6-5-14(20)9-27-10-15-7-16(15)11-27/h3-4,8,13-16,20H,1-2,5-7,9-12H2,(H,26,28)/t14?,15-,16+,20-/m1/s1. The third kappa shape index (κ3) is 4.17. The Hall–Kier alpha value is -1.60. The number of nitrogens with one attached hydrogen (secondary N) is 1. The monoisotopic (exact) mass is 408 g/mol. The Bertz CT molecular complexity index is 783. The van der Waals surface area contributed by atoms with Gasteiger partial charge in [-0.15, -0.1) is 0 Å². The van der Waals surface area contributed by atoms with Gasteiger partial charge in [0.05, 0.1) is 18.2 Å². The van der Waals surface area contributed by atoms with Gasteiger partial charge in [-0.05, 0) is 73.1 Å². The number of hydrogen-bond acceptors (Lipinski definition) is 3. The lowest BCUT2D eigenvalue weighted by Gasteiger charge is -2.35. The summed E-state index contributed by atoms with van der Waals surface area (Å²) in [6, 6.07) is 3.44. The minimum Gasteiger partial charge on any atom is -0.379 e. The summed E-state index contributed by atoms with van der Waals surface area (Å²) in [5.41, 5.74) is 0.236. The maximum atomic E-state index is 13.1. The van der Waals surface area contributed by atoms with Crippen LogP contribution in [-0.4, -0.2) is 49.7 Å². The first kappa shape index (κ1) is 19.4. The van der Waals surface area contributed by atoms with Gasteiger partial charge < -0.3 is 15.0 Å². The number of amides is 1. The molecular weight excluding hydrogens is 381 g/mol. The molecule has 2 saturated carbocycles. The molecule has 2 saturated heterocycles. The Kier molecular flexibility index (Phi) is 4.86. The quantitative estimate of drug-likeness (QED) is 0.808. The minimum absolute atomic E-state index is 0.0628. The molecule has 0 spiro atoms. The molecule has 1 unspecified atom stereocenters. The summed E-state index contributed by atoms with van der Waals surface area (Å²) in [6.45, 7) is 4.45. The zero-order valence-corrected chi connectivity index (χ0v) is 16.4. The van der Waals surface area contributed by atoms with Crippen molar-refractivity contribution in [2.24, 2.45) is 17.8 Å². The molecule has 4 aliphatic rings. The van der Waals surface area contributed by atoms with Crippen LogP contribution in [0.5, 0.6) is 0 Å². The molecule has 0 bridgehead atoms. The fourth-order valence-corrected chi connectivity index (χ4v) is 5.06. The number of nitrogens with zero attached hydrogens (tertiary/aromatic N) is 1. The summed E-state index contributed by atoms with van der Waals surface area (Å²) in [6.07, 6.45) is -0.443. The van der Waals surface area contributed by atoms with Crippen LogP contribution in [0.3, 0.4) is 0 Å². The predicted molar refractivity (Wildman–Crippen MR) is 102 cm³/mol. The number of rotatable bonds is 5. The number of piperidine rings is 1. The highest BCUT2D eigenvalue weighted by Crippen LogP contribution is 2.45. The fraction of sp³-hybridized carbons (Fsp3) is 0.682. The molecule has 1 amide bonds. The van der Waals surface area contributed by atoms with Gasteiger partial charge >= 0.3 is 6.18 Å². The molecule has 4 fully saturated rings. The SMILES string of the molecule is O=C(N[C@@H]1COCCC1CN1C[C@H]2C[C@H]2C1)c1ccc(C(F)(F)F)cc1C1CC1. The van der Waals surface area contributed by atoms with Crippen molar-refractivity contribution in [1.82, 2.24) is 10.2 Å². The zero-order valence-electron chi connectivity index (χ0n) is 16.4. The zero-order chi connectivity index (χ0) is 20.2. The van der Waals surface area contributed by atoms with E-state index in [2.05, 4.69) is 10.2 Å². The molecule has 1 aromatic rings. The van der Waals surface area contributed by atoms with E-state index in [1.807, 2.05) is 0 Å². The first-order valence-electron chi connectivity index (χ1n) is 10.7. The van der Waals surface area contributed by atoms with Gasteiger partial charge in [0.2, 0.25) is 0 Å². The van der Waals surface area contributed by atoms with Crippen LogP contribution >= 0.6 is 0 Å². The molecule has 4 atom stereocenters. The van der Waals surface area contributed by atoms with Crippen LogP contribution in [0.2, 0.25) is 0 Å². The topological polar surface area (TPSA) is 41.6 Å². The van der Waals surface area contributed by atoms with E-state index in [-0.39, 0.29) is 17.9 Å². The van der Waals surface area contributed by atoms with Gasteiger partial charge in [-0.25, -0.2) is 0 Å². The second-order valence-electron chi connectivity index (χ2n) is 9.25. The van der Waals surface area contributed by atoms with Gasteiger partial charge in [0.25, 0.3) is 5.91 Å². The number of carbonyl (C=O) groups is 1. The number of halogens is 3. The Morgan fingerprint density at radius 2 is 1.93 bits per heavy atom. The summed E-state index contributed by atoms with van der Waals surface area (Å²) in [7, 11) is 0. The van der Waals surface area contributed by atoms with E-state index in [9.17, 15) is 18.0 Å². The van der Waals surface area contributed by atoms with Crippen molar-refractivity contribution in [2.75, 3.05) is 32.8 Å². The Morgan fingerprint density at radius 3 is 2.62 bits per heavy atom. The number of hydrogen-bond donors (Lipinski definition) is 1. The predicted octanol–water partition coefficient (Wildman–Crippen LogP) is 3.67. The molecule has 1 N–H and O–H groups in total. The van der Waals surface area contributed by atoms with E-state index in [0.29, 0.717) is 30.3 Å². The molecule has 29 heavy (non-hydrogen) atoms. The Morgan fingerprint density at radius 1 is 1.17 bits per heavy atom. The number of benzene rings is 1. The van der Waals surface area contributed by atoms with Crippen molar-refractivity contribution < 1.29 is 22.7 Å². The van der Waals surface area contributed by atoms with Gasteiger partial charge in [-0.1, -0.05) is 0 Å². The fourth-order valence-electron chi connectivity index (χ4n) is 5.06. The summed E-state index contributed by atoms with van der Waals surface area (Å²) < 4.78 is 44.9. The molecule has 2 aliphatic carbocycles. The average molecular weight is 408 g/mol. The second-order valence-corrected chi connectivity index (χ2v) is 9.25. The third-order valence-corrected chi connectivity index (χ3v) is 7.00. The van der Waals surface area contributed by atoms with Crippen LogP contribution in [0.15, 0.2) is 18.2 Å². The first-order valence-corrected chi connectivity index (χ1v) is 10.7. The van der Waals surface area contributed by atoms with Crippen molar-refractivity contribution in [3.05, 3.63) is 34.9 Å². The molecule has 1 aromatic carbocycles. The highest BCUT2D eigenvalue weighted by molar-refractivity contribution is 5.96. The number of carbonyl (C=O) groups excluding carboxylic acids is 1. The molecule has 4 nitrogen and oxygen atoms in total. The van der Waals surface area contributed by atoms with Gasteiger partial charge in [0.15, 0.2) is 0 Å². The van der Waals surface area contributed by atoms with Gasteiger partial charge in [-0.3, -0.25) is 4.79 Å². The largest absolute Gasteiger partial charge is 0.416 e. The van der Waals surface area contributed by atoms with E-state index < -0.39 is 11.7 Å². The Labute approximate surface area is 168 Å². The van der Waals surface area contributed by atoms with Gasteiger partial charge in [0, 0.05) is 31.8 Å². The van der Waals surface area contributed by atoms with Crippen LogP contribution in [0.25, 0.3) is 0 Å². The van der Waals surface area contributed by atoms with Crippen LogP contribution in [0, 0.1) is 17.8 Å². The van der Waals surface area contributed by atoms with E-state index in [1.54, 1.807) is 0 Å². The summed E-state index contributed by atoms with van der Waals surface area (Å²) >= 11 is 0. The summed E-state index contributed by atoms with van der Waals surface area (Å²) in [4.78, 5) is 15.5. The molecule has 5 rings (SSSR count). The first-order chi connectivity index (χ1) is 13.9. The molecule has 0 aromatic heterocycles. The maximum Gasteiger partial charge on any atom is 0.416 e. The molecule has 7 heteroatoms. The van der Waals surface area contributed by atoms with Gasteiger partial charge in [-0.2, -0.15) is 13.2 Å². The van der Waals surface area contributed by atoms with E-state index in [4.69, 9.17) is 4.74 Å². The average Bonchev–Trinajstić information content (AvgIpc) is 3.61.